The first-order valence-electron chi connectivity index (χ1n) is 5.67. The molecule has 1 amide bonds. The van der Waals surface area contributed by atoms with Gasteiger partial charge in [0.05, 0.1) is 10.6 Å². The highest BCUT2D eigenvalue weighted by molar-refractivity contribution is 14.1. The molecule has 0 unspecified atom stereocenters. The van der Waals surface area contributed by atoms with Gasteiger partial charge in [-0.3, -0.25) is 4.79 Å². The number of carbonyl (C=O) groups is 2. The number of amides is 1. The molecule has 108 valence electrons. The minimum atomic E-state index is -1.37. The normalized spacial score (nSPS) is 10.2. The van der Waals surface area contributed by atoms with Gasteiger partial charge in [0, 0.05) is 14.8 Å². The summed E-state index contributed by atoms with van der Waals surface area (Å²) < 4.78 is 14.3. The van der Waals surface area contributed by atoms with Crippen molar-refractivity contribution in [3.8, 4) is 0 Å². The number of carboxylic acids is 1. The first-order valence-corrected chi connectivity index (χ1v) is 7.13. The molecule has 4 nitrogen and oxygen atoms in total. The molecule has 2 N–H and O–H groups in total. The van der Waals surface area contributed by atoms with Gasteiger partial charge >= 0.3 is 5.97 Å². The van der Waals surface area contributed by atoms with Crippen molar-refractivity contribution >= 4 is 51.8 Å². The first kappa shape index (κ1) is 15.7. The van der Waals surface area contributed by atoms with Crippen LogP contribution in [0.5, 0.6) is 0 Å². The summed E-state index contributed by atoms with van der Waals surface area (Å²) in [7, 11) is 0. The van der Waals surface area contributed by atoms with Gasteiger partial charge in [-0.05, 0) is 59.0 Å². The van der Waals surface area contributed by atoms with E-state index in [9.17, 15) is 14.0 Å². The summed E-state index contributed by atoms with van der Waals surface area (Å²) >= 11 is 7.96. The predicted molar refractivity (Wildman–Crippen MR) is 85.5 cm³/mol. The van der Waals surface area contributed by atoms with Crippen molar-refractivity contribution < 1.29 is 19.1 Å². The van der Waals surface area contributed by atoms with Crippen LogP contribution in [0.3, 0.4) is 0 Å². The molecule has 0 aliphatic heterocycles. The van der Waals surface area contributed by atoms with Crippen LogP contribution < -0.4 is 5.32 Å². The Hall–Kier alpha value is -1.67. The van der Waals surface area contributed by atoms with Crippen LogP contribution in [0.1, 0.15) is 20.7 Å². The third kappa shape index (κ3) is 3.70. The molecule has 0 radical (unpaired) electrons. The number of benzene rings is 2. The molecule has 2 aromatic rings. The van der Waals surface area contributed by atoms with E-state index in [1.54, 1.807) is 12.1 Å². The molecule has 0 atom stereocenters. The maximum absolute atomic E-state index is 13.5. The number of hydrogen-bond donors (Lipinski definition) is 2. The van der Waals surface area contributed by atoms with Gasteiger partial charge in [0.1, 0.15) is 5.82 Å². The second-order valence-electron chi connectivity index (χ2n) is 4.08. The van der Waals surface area contributed by atoms with Gasteiger partial charge in [-0.15, -0.1) is 0 Å². The standard InChI is InChI=1S/C14H8ClFINO3/c15-10-5-7(1-4-12(10)17)13(19)18-8-2-3-9(14(20)21)11(16)6-8/h1-6H,(H,18,19)(H,20,21). The highest BCUT2D eigenvalue weighted by Gasteiger charge is 2.13. The van der Waals surface area contributed by atoms with E-state index >= 15 is 0 Å². The van der Waals surface area contributed by atoms with E-state index in [0.717, 1.165) is 15.7 Å². The Morgan fingerprint density at radius 2 is 1.90 bits per heavy atom. The monoisotopic (exact) mass is 419 g/mol. The number of rotatable bonds is 3. The summed E-state index contributed by atoms with van der Waals surface area (Å²) in [6.45, 7) is 0. The van der Waals surface area contributed by atoms with Gasteiger partial charge in [-0.1, -0.05) is 11.6 Å². The molecule has 2 aromatic carbocycles. The van der Waals surface area contributed by atoms with Crippen LogP contribution in [0.4, 0.5) is 10.1 Å². The highest BCUT2D eigenvalue weighted by atomic mass is 127. The molecule has 0 heterocycles. The van der Waals surface area contributed by atoms with E-state index in [1.165, 1.54) is 12.1 Å². The van der Waals surface area contributed by atoms with E-state index in [0.29, 0.717) is 10.6 Å². The van der Waals surface area contributed by atoms with Gasteiger partial charge < -0.3 is 10.4 Å². The Morgan fingerprint density at radius 3 is 2.48 bits per heavy atom. The number of nitrogens with one attached hydrogen (secondary N) is 1. The van der Waals surface area contributed by atoms with E-state index in [1.807, 2.05) is 22.6 Å². The smallest absolute Gasteiger partial charge is 0.338 e. The summed E-state index contributed by atoms with van der Waals surface area (Å²) in [5, 5.41) is 11.6. The quantitative estimate of drug-likeness (QED) is 0.738. The maximum Gasteiger partial charge on any atom is 0.338 e. The van der Waals surface area contributed by atoms with Crippen molar-refractivity contribution in [1.29, 1.82) is 0 Å². The highest BCUT2D eigenvalue weighted by Crippen LogP contribution is 2.21. The molecule has 0 aliphatic carbocycles. The third-order valence-electron chi connectivity index (χ3n) is 2.64. The van der Waals surface area contributed by atoms with Gasteiger partial charge in [0.2, 0.25) is 0 Å². The second kappa shape index (κ2) is 6.40. The lowest BCUT2D eigenvalue weighted by Crippen LogP contribution is -2.12. The number of carboxylic acid groups (broad SMARTS) is 1. The van der Waals surface area contributed by atoms with E-state index in [4.69, 9.17) is 16.7 Å². The lowest BCUT2D eigenvalue weighted by Gasteiger charge is -2.07. The molecule has 0 aromatic heterocycles. The van der Waals surface area contributed by atoms with E-state index in [2.05, 4.69) is 5.32 Å². The lowest BCUT2D eigenvalue weighted by molar-refractivity contribution is 0.0692. The van der Waals surface area contributed by atoms with Gasteiger partial charge in [0.15, 0.2) is 0 Å². The third-order valence-corrected chi connectivity index (χ3v) is 4.21. The van der Waals surface area contributed by atoms with Crippen molar-refractivity contribution in [3.05, 3.63) is 61.9 Å². The van der Waals surface area contributed by atoms with Crippen LogP contribution in [-0.2, 0) is 0 Å². The number of halogens is 3. The summed E-state index contributed by atoms with van der Waals surface area (Å²) in [5.74, 6) is -2.74. The van der Waals surface area contributed by atoms with E-state index in [-0.39, 0.29) is 5.69 Å². The fraction of sp³-hybridized carbons (Fsp3) is 0. The zero-order valence-electron chi connectivity index (χ0n) is 10.4. The van der Waals surface area contributed by atoms with Crippen molar-refractivity contribution in [2.75, 3.05) is 5.32 Å². The molecule has 0 saturated heterocycles. The Bertz CT molecular complexity index is 736. The molecule has 0 fully saturated rings. The van der Waals surface area contributed by atoms with Gasteiger partial charge in [-0.2, -0.15) is 0 Å². The second-order valence-corrected chi connectivity index (χ2v) is 5.65. The van der Waals surface area contributed by atoms with Gasteiger partial charge in [-0.25, -0.2) is 9.18 Å². The minimum Gasteiger partial charge on any atom is -0.478 e. The predicted octanol–water partition coefficient (Wildman–Crippen LogP) is 4.03. The largest absolute Gasteiger partial charge is 0.478 e. The van der Waals surface area contributed by atoms with Crippen molar-refractivity contribution in [2.45, 2.75) is 0 Å². The zero-order valence-corrected chi connectivity index (χ0v) is 13.3. The number of hydrogen-bond acceptors (Lipinski definition) is 2. The molecule has 2 rings (SSSR count). The Kier molecular flexibility index (Phi) is 4.79. The number of carbonyl (C=O) groups excluding carboxylic acids is 1. The van der Waals surface area contributed by atoms with Crippen LogP contribution in [0, 0.1) is 9.39 Å². The molecule has 0 bridgehead atoms. The fourth-order valence-corrected chi connectivity index (χ4v) is 2.12. The van der Waals surface area contributed by atoms with Crippen molar-refractivity contribution in [1.82, 2.24) is 0 Å². The summed E-state index contributed by atoms with van der Waals surface area (Å²) in [6, 6.07) is 8.14. The molecule has 0 spiro atoms. The van der Waals surface area contributed by atoms with Crippen LogP contribution in [0.2, 0.25) is 5.02 Å². The maximum atomic E-state index is 13.5. The van der Waals surface area contributed by atoms with Gasteiger partial charge in [0.25, 0.3) is 5.91 Å². The SMILES string of the molecule is O=C(Nc1ccc(C(=O)O)c(F)c1)c1ccc(I)c(Cl)c1. The molecule has 7 heteroatoms. The van der Waals surface area contributed by atoms with E-state index < -0.39 is 23.3 Å². The average Bonchev–Trinajstić information content (AvgIpc) is 2.41. The Morgan fingerprint density at radius 1 is 1.19 bits per heavy atom. The number of anilines is 1. The van der Waals surface area contributed by atoms with Crippen molar-refractivity contribution in [3.63, 3.8) is 0 Å². The molecule has 0 saturated carbocycles. The topological polar surface area (TPSA) is 66.4 Å². The molecular formula is C14H8ClFINO3. The minimum absolute atomic E-state index is 0.164. The summed E-state index contributed by atoms with van der Waals surface area (Å²) in [5.41, 5.74) is 0.0330. The average molecular weight is 420 g/mol. The van der Waals surface area contributed by atoms with Crippen LogP contribution >= 0.6 is 34.2 Å². The lowest BCUT2D eigenvalue weighted by atomic mass is 10.1. The zero-order chi connectivity index (χ0) is 15.6. The number of aromatic carboxylic acids is 1. The summed E-state index contributed by atoms with van der Waals surface area (Å²) in [6.07, 6.45) is 0. The Balaban J connectivity index is 2.21. The summed E-state index contributed by atoms with van der Waals surface area (Å²) in [4.78, 5) is 22.7. The Labute approximate surface area is 138 Å². The van der Waals surface area contributed by atoms with Crippen LogP contribution in [-0.4, -0.2) is 17.0 Å². The molecular weight excluding hydrogens is 412 g/mol. The van der Waals surface area contributed by atoms with Crippen LogP contribution in [0.25, 0.3) is 0 Å². The molecule has 21 heavy (non-hydrogen) atoms. The van der Waals surface area contributed by atoms with Crippen molar-refractivity contribution in [2.24, 2.45) is 0 Å². The fourth-order valence-electron chi connectivity index (χ4n) is 1.61. The van der Waals surface area contributed by atoms with Crippen LogP contribution in [0.15, 0.2) is 36.4 Å². The first-order chi connectivity index (χ1) is 9.88. The molecule has 0 aliphatic rings.